The highest BCUT2D eigenvalue weighted by atomic mass is 79.9. The molecule has 4 heteroatoms. The van der Waals surface area contributed by atoms with Crippen LogP contribution in [-0.4, -0.2) is 17.5 Å². The molecular weight excluding hydrogens is 318 g/mol. The normalized spacial score (nSPS) is 17.8. The molecule has 0 heterocycles. The van der Waals surface area contributed by atoms with Crippen molar-refractivity contribution in [3.63, 3.8) is 0 Å². The molecule has 0 amide bonds. The molecule has 1 aliphatic carbocycles. The van der Waals surface area contributed by atoms with E-state index in [1.54, 1.807) is 0 Å². The Bertz CT molecular complexity index is 387. The Kier molecular flexibility index (Phi) is 4.81. The van der Waals surface area contributed by atoms with E-state index in [9.17, 15) is 0 Å². The molecule has 1 nitrogen and oxygen atoms in total. The van der Waals surface area contributed by atoms with Gasteiger partial charge in [-0.05, 0) is 52.7 Å². The number of benzene rings is 1. The molecule has 0 spiro atoms. The monoisotopic (exact) mass is 333 g/mol. The number of nitrogens with one attached hydrogen (secondary N) is 1. The maximum atomic E-state index is 6.07. The highest BCUT2D eigenvalue weighted by Crippen LogP contribution is 2.42. The molecule has 94 valence electrons. The summed E-state index contributed by atoms with van der Waals surface area (Å²) >= 11 is 11.5. The average Bonchev–Trinajstić information content (AvgIpc) is 2.27. The van der Waals surface area contributed by atoms with Crippen molar-refractivity contribution in [1.29, 1.82) is 0 Å². The minimum absolute atomic E-state index is 0.499. The Hall–Kier alpha value is 0.300. The first-order valence-corrected chi connectivity index (χ1v) is 8.25. The van der Waals surface area contributed by atoms with E-state index in [-0.39, 0.29) is 0 Å². The fourth-order valence-electron chi connectivity index (χ4n) is 2.11. The lowest BCUT2D eigenvalue weighted by Crippen LogP contribution is -2.43. The predicted molar refractivity (Wildman–Crippen MR) is 81.0 cm³/mol. The Morgan fingerprint density at radius 1 is 1.47 bits per heavy atom. The lowest BCUT2D eigenvalue weighted by molar-refractivity contribution is 0.345. The number of halogens is 2. The topological polar surface area (TPSA) is 12.0 Å². The summed E-state index contributed by atoms with van der Waals surface area (Å²) in [6.45, 7) is 2.00. The van der Waals surface area contributed by atoms with Gasteiger partial charge in [0.25, 0.3) is 0 Å². The van der Waals surface area contributed by atoms with Gasteiger partial charge in [0.2, 0.25) is 0 Å². The van der Waals surface area contributed by atoms with Crippen LogP contribution in [0.1, 0.15) is 24.8 Å². The van der Waals surface area contributed by atoms with E-state index in [4.69, 9.17) is 11.6 Å². The third-order valence-corrected chi connectivity index (χ3v) is 6.11. The van der Waals surface area contributed by atoms with Crippen molar-refractivity contribution >= 4 is 39.3 Å². The summed E-state index contributed by atoms with van der Waals surface area (Å²) in [6, 6.07) is 6.13. The van der Waals surface area contributed by atoms with Crippen LogP contribution < -0.4 is 5.32 Å². The number of thioether (sulfide) groups is 1. The molecule has 0 saturated heterocycles. The van der Waals surface area contributed by atoms with Crippen molar-refractivity contribution in [2.45, 2.75) is 30.6 Å². The van der Waals surface area contributed by atoms with Crippen molar-refractivity contribution in [3.05, 3.63) is 33.3 Å². The van der Waals surface area contributed by atoms with E-state index < -0.39 is 0 Å². The van der Waals surface area contributed by atoms with E-state index in [0.29, 0.717) is 4.75 Å². The SMILES string of the molecule is CSC1(CNCc2ccc(Br)c(Cl)c2)CCC1. The van der Waals surface area contributed by atoms with Crippen molar-refractivity contribution in [3.8, 4) is 0 Å². The lowest BCUT2D eigenvalue weighted by Gasteiger charge is -2.40. The van der Waals surface area contributed by atoms with Crippen LogP contribution in [0, 0.1) is 0 Å². The molecule has 1 aliphatic rings. The van der Waals surface area contributed by atoms with E-state index >= 15 is 0 Å². The van der Waals surface area contributed by atoms with Gasteiger partial charge in [-0.1, -0.05) is 24.1 Å². The highest BCUT2D eigenvalue weighted by Gasteiger charge is 2.35. The van der Waals surface area contributed by atoms with Crippen LogP contribution >= 0.6 is 39.3 Å². The Labute approximate surface area is 121 Å². The quantitative estimate of drug-likeness (QED) is 0.852. The van der Waals surface area contributed by atoms with Gasteiger partial charge in [-0.15, -0.1) is 0 Å². The average molecular weight is 335 g/mol. The Morgan fingerprint density at radius 3 is 2.76 bits per heavy atom. The van der Waals surface area contributed by atoms with Gasteiger partial charge in [0.15, 0.2) is 0 Å². The smallest absolute Gasteiger partial charge is 0.0551 e. The predicted octanol–water partition coefficient (Wildman–Crippen LogP) is 4.48. The molecule has 17 heavy (non-hydrogen) atoms. The first kappa shape index (κ1) is 13.7. The number of hydrogen-bond acceptors (Lipinski definition) is 2. The van der Waals surface area contributed by atoms with Crippen molar-refractivity contribution in [2.24, 2.45) is 0 Å². The van der Waals surface area contributed by atoms with Crippen LogP contribution in [-0.2, 0) is 6.54 Å². The fourth-order valence-corrected chi connectivity index (χ4v) is 3.50. The van der Waals surface area contributed by atoms with Gasteiger partial charge in [0.1, 0.15) is 0 Å². The van der Waals surface area contributed by atoms with Crippen LogP contribution in [0.4, 0.5) is 0 Å². The zero-order chi connectivity index (χ0) is 12.3. The largest absolute Gasteiger partial charge is 0.311 e. The molecule has 0 atom stereocenters. The van der Waals surface area contributed by atoms with Crippen LogP contribution in [0.5, 0.6) is 0 Å². The Balaban J connectivity index is 1.83. The molecule has 1 aromatic carbocycles. The van der Waals surface area contributed by atoms with E-state index in [1.807, 2.05) is 23.9 Å². The zero-order valence-corrected chi connectivity index (χ0v) is 13.1. The van der Waals surface area contributed by atoms with Gasteiger partial charge in [0, 0.05) is 22.3 Å². The molecule has 1 saturated carbocycles. The Morgan fingerprint density at radius 2 is 2.24 bits per heavy atom. The molecule has 2 rings (SSSR count). The summed E-state index contributed by atoms with van der Waals surface area (Å²) in [4.78, 5) is 0. The van der Waals surface area contributed by atoms with E-state index in [0.717, 1.165) is 22.6 Å². The van der Waals surface area contributed by atoms with Crippen LogP contribution in [0.25, 0.3) is 0 Å². The number of hydrogen-bond donors (Lipinski definition) is 1. The van der Waals surface area contributed by atoms with Gasteiger partial charge in [-0.25, -0.2) is 0 Å². The second-order valence-electron chi connectivity index (χ2n) is 4.59. The molecule has 0 aromatic heterocycles. The second-order valence-corrected chi connectivity index (χ2v) is 7.13. The highest BCUT2D eigenvalue weighted by molar-refractivity contribution is 9.10. The summed E-state index contributed by atoms with van der Waals surface area (Å²) < 4.78 is 1.46. The summed E-state index contributed by atoms with van der Waals surface area (Å²) in [5, 5.41) is 4.33. The molecule has 0 bridgehead atoms. The number of rotatable bonds is 5. The third kappa shape index (κ3) is 3.40. The molecule has 0 radical (unpaired) electrons. The summed E-state index contributed by atoms with van der Waals surface area (Å²) in [5.41, 5.74) is 1.24. The standard InChI is InChI=1S/C13H17BrClNS/c1-17-13(5-2-6-13)9-16-8-10-3-4-11(14)12(15)7-10/h3-4,7,16H,2,5-6,8-9H2,1H3. The lowest BCUT2D eigenvalue weighted by atomic mass is 9.84. The molecular formula is C13H17BrClNS. The van der Waals surface area contributed by atoms with Crippen LogP contribution in [0.15, 0.2) is 22.7 Å². The first-order valence-electron chi connectivity index (χ1n) is 5.85. The van der Waals surface area contributed by atoms with Crippen molar-refractivity contribution in [2.75, 3.05) is 12.8 Å². The van der Waals surface area contributed by atoms with Gasteiger partial charge >= 0.3 is 0 Å². The van der Waals surface area contributed by atoms with E-state index in [1.165, 1.54) is 24.8 Å². The first-order chi connectivity index (χ1) is 8.15. The van der Waals surface area contributed by atoms with Gasteiger partial charge in [-0.3, -0.25) is 0 Å². The molecule has 1 N–H and O–H groups in total. The second kappa shape index (κ2) is 5.96. The maximum Gasteiger partial charge on any atom is 0.0551 e. The van der Waals surface area contributed by atoms with Crippen molar-refractivity contribution < 1.29 is 0 Å². The molecule has 1 aromatic rings. The van der Waals surface area contributed by atoms with Gasteiger partial charge < -0.3 is 5.32 Å². The van der Waals surface area contributed by atoms with Gasteiger partial charge in [0.05, 0.1) is 5.02 Å². The molecule has 1 fully saturated rings. The van der Waals surface area contributed by atoms with Crippen LogP contribution in [0.3, 0.4) is 0 Å². The van der Waals surface area contributed by atoms with Crippen molar-refractivity contribution in [1.82, 2.24) is 5.32 Å². The zero-order valence-electron chi connectivity index (χ0n) is 9.93. The summed E-state index contributed by atoms with van der Waals surface area (Å²) in [7, 11) is 0. The van der Waals surface area contributed by atoms with E-state index in [2.05, 4.69) is 33.6 Å². The third-order valence-electron chi connectivity index (χ3n) is 3.46. The summed E-state index contributed by atoms with van der Waals surface area (Å²) in [6.07, 6.45) is 6.30. The van der Waals surface area contributed by atoms with Crippen LogP contribution in [0.2, 0.25) is 5.02 Å². The molecule has 0 aliphatic heterocycles. The van der Waals surface area contributed by atoms with Gasteiger partial charge in [-0.2, -0.15) is 11.8 Å². The minimum Gasteiger partial charge on any atom is -0.311 e. The summed E-state index contributed by atoms with van der Waals surface area (Å²) in [5.74, 6) is 0. The minimum atomic E-state index is 0.499. The molecule has 0 unspecified atom stereocenters. The fraction of sp³-hybridized carbons (Fsp3) is 0.538. The maximum absolute atomic E-state index is 6.07.